The van der Waals surface area contributed by atoms with Gasteiger partial charge in [-0.2, -0.15) is 0 Å². The van der Waals surface area contributed by atoms with Crippen LogP contribution in [0.1, 0.15) is 31.9 Å². The van der Waals surface area contributed by atoms with Gasteiger partial charge >= 0.3 is 0 Å². The lowest BCUT2D eigenvalue weighted by Crippen LogP contribution is -2.31. The van der Waals surface area contributed by atoms with Crippen molar-refractivity contribution in [3.8, 4) is 0 Å². The zero-order valence-corrected chi connectivity index (χ0v) is 19.4. The highest BCUT2D eigenvalue weighted by molar-refractivity contribution is 9.10. The Morgan fingerprint density at radius 1 is 1.13 bits per heavy atom. The van der Waals surface area contributed by atoms with Gasteiger partial charge in [0.15, 0.2) is 0 Å². The van der Waals surface area contributed by atoms with Crippen LogP contribution in [-0.2, 0) is 20.7 Å². The molecule has 0 bridgehead atoms. The highest BCUT2D eigenvalue weighted by Gasteiger charge is 2.24. The van der Waals surface area contributed by atoms with Gasteiger partial charge in [0, 0.05) is 23.2 Å². The molecule has 2 aromatic carbocycles. The molecule has 0 aliphatic heterocycles. The quantitative estimate of drug-likeness (QED) is 0.443. The second kappa shape index (κ2) is 11.1. The lowest BCUT2D eigenvalue weighted by atomic mass is 10.1. The first kappa shape index (κ1) is 25.6. The highest BCUT2D eigenvalue weighted by atomic mass is 79.9. The largest absolute Gasteiger partial charge is 0.283 e. The van der Waals surface area contributed by atoms with Crippen LogP contribution in [0.2, 0.25) is 0 Å². The summed E-state index contributed by atoms with van der Waals surface area (Å²) in [6.07, 6.45) is 2.86. The number of aliphatic imine (C=N–C) groups is 1. The summed E-state index contributed by atoms with van der Waals surface area (Å²) in [6, 6.07) is 12.4. The van der Waals surface area contributed by atoms with Gasteiger partial charge in [0.25, 0.3) is 21.9 Å². The molecule has 0 unspecified atom stereocenters. The molecule has 1 amide bonds. The van der Waals surface area contributed by atoms with Gasteiger partial charge in [0.05, 0.1) is 4.90 Å². The van der Waals surface area contributed by atoms with Crippen molar-refractivity contribution >= 4 is 38.1 Å². The number of amides is 1. The fourth-order valence-corrected chi connectivity index (χ4v) is 3.82. The van der Waals surface area contributed by atoms with Gasteiger partial charge in [-0.1, -0.05) is 46.3 Å². The number of carbonyl (C=O) groups is 1. The molecule has 0 aromatic heterocycles. The number of hydrogen-bond donors (Lipinski definition) is 1. The molecule has 9 heteroatoms. The SMILES string of the molecule is CC=N/C(=C\C)C(=O)NS(=O)(=O)c1ccccc1.Cc1cc(Br)cc(C(C)(F)F)c1. The number of sulfonamides is 1. The van der Waals surface area contributed by atoms with E-state index < -0.39 is 21.9 Å². The zero-order valence-electron chi connectivity index (χ0n) is 17.0. The van der Waals surface area contributed by atoms with E-state index in [9.17, 15) is 22.0 Å². The molecule has 30 heavy (non-hydrogen) atoms. The topological polar surface area (TPSA) is 75.6 Å². The molecule has 0 fully saturated rings. The van der Waals surface area contributed by atoms with Crippen molar-refractivity contribution < 1.29 is 22.0 Å². The van der Waals surface area contributed by atoms with Crippen LogP contribution in [0.15, 0.2) is 74.7 Å². The molecular weight excluding hydrogens is 478 g/mol. The van der Waals surface area contributed by atoms with E-state index in [2.05, 4.69) is 20.9 Å². The summed E-state index contributed by atoms with van der Waals surface area (Å²) in [5.74, 6) is -3.51. The number of nitrogens with zero attached hydrogens (tertiary/aromatic N) is 1. The van der Waals surface area contributed by atoms with Crippen LogP contribution in [-0.4, -0.2) is 20.5 Å². The number of carbonyl (C=O) groups excluding carboxylic acids is 1. The summed E-state index contributed by atoms with van der Waals surface area (Å²) in [7, 11) is -3.85. The molecule has 162 valence electrons. The van der Waals surface area contributed by atoms with E-state index in [-0.39, 0.29) is 16.2 Å². The number of aryl methyl sites for hydroxylation is 1. The van der Waals surface area contributed by atoms with E-state index in [1.807, 2.05) is 4.72 Å². The molecule has 0 heterocycles. The van der Waals surface area contributed by atoms with Crippen molar-refractivity contribution in [2.75, 3.05) is 0 Å². The molecule has 2 aromatic rings. The number of benzene rings is 2. The molecule has 0 atom stereocenters. The maximum absolute atomic E-state index is 12.8. The average Bonchev–Trinajstić information content (AvgIpc) is 2.65. The van der Waals surface area contributed by atoms with E-state index in [1.165, 1.54) is 36.6 Å². The molecule has 0 aliphatic carbocycles. The Hall–Kier alpha value is -2.39. The van der Waals surface area contributed by atoms with Gasteiger partial charge in [-0.25, -0.2) is 21.9 Å². The minimum Gasteiger partial charge on any atom is -0.266 e. The zero-order chi connectivity index (χ0) is 22.9. The number of allylic oxidation sites excluding steroid dienone is 1. The number of rotatable bonds is 5. The normalized spacial score (nSPS) is 12.3. The summed E-state index contributed by atoms with van der Waals surface area (Å²) < 4.78 is 52.0. The monoisotopic (exact) mass is 500 g/mol. The molecule has 0 spiro atoms. The molecule has 1 N–H and O–H groups in total. The van der Waals surface area contributed by atoms with E-state index in [1.54, 1.807) is 45.0 Å². The van der Waals surface area contributed by atoms with E-state index in [4.69, 9.17) is 0 Å². The number of hydrogen-bond acceptors (Lipinski definition) is 4. The van der Waals surface area contributed by atoms with Crippen LogP contribution in [0.25, 0.3) is 0 Å². The van der Waals surface area contributed by atoms with Gasteiger partial charge in [0.2, 0.25) is 0 Å². The van der Waals surface area contributed by atoms with Crippen LogP contribution < -0.4 is 4.72 Å². The number of nitrogens with one attached hydrogen (secondary N) is 1. The Morgan fingerprint density at radius 2 is 1.73 bits per heavy atom. The van der Waals surface area contributed by atoms with Gasteiger partial charge in [0.1, 0.15) is 5.70 Å². The minimum absolute atomic E-state index is 0.0364. The third kappa shape index (κ3) is 8.16. The molecule has 0 aliphatic rings. The summed E-state index contributed by atoms with van der Waals surface area (Å²) in [6.45, 7) is 5.94. The molecule has 5 nitrogen and oxygen atoms in total. The predicted octanol–water partition coefficient (Wildman–Crippen LogP) is 5.36. The van der Waals surface area contributed by atoms with E-state index in [0.29, 0.717) is 4.47 Å². The summed E-state index contributed by atoms with van der Waals surface area (Å²) in [5.41, 5.74) is 0.937. The van der Waals surface area contributed by atoms with Gasteiger partial charge in [-0.15, -0.1) is 0 Å². The van der Waals surface area contributed by atoms with Crippen LogP contribution in [0.3, 0.4) is 0 Å². The van der Waals surface area contributed by atoms with E-state index in [0.717, 1.165) is 12.5 Å². The first-order chi connectivity index (χ1) is 13.9. The predicted molar refractivity (Wildman–Crippen MR) is 118 cm³/mol. The summed E-state index contributed by atoms with van der Waals surface area (Å²) >= 11 is 3.17. The van der Waals surface area contributed by atoms with Crippen molar-refractivity contribution in [2.24, 2.45) is 4.99 Å². The van der Waals surface area contributed by atoms with Gasteiger partial charge in [-0.05, 0) is 50.6 Å². The fraction of sp³-hybridized carbons (Fsp3) is 0.238. The molecule has 0 radical (unpaired) electrons. The Bertz CT molecular complexity index is 1010. The van der Waals surface area contributed by atoms with Crippen molar-refractivity contribution in [1.82, 2.24) is 4.72 Å². The Kier molecular flexibility index (Phi) is 9.51. The van der Waals surface area contributed by atoms with Gasteiger partial charge in [-0.3, -0.25) is 9.79 Å². The minimum atomic E-state index is -3.85. The first-order valence-electron chi connectivity index (χ1n) is 8.83. The Balaban J connectivity index is 0.000000325. The second-order valence-electron chi connectivity index (χ2n) is 6.21. The Labute approximate surface area is 184 Å². The lowest BCUT2D eigenvalue weighted by Gasteiger charge is -2.11. The Morgan fingerprint density at radius 3 is 2.20 bits per heavy atom. The maximum atomic E-state index is 12.8. The van der Waals surface area contributed by atoms with Crippen LogP contribution in [0, 0.1) is 6.92 Å². The van der Waals surface area contributed by atoms with Crippen LogP contribution in [0.5, 0.6) is 0 Å². The second-order valence-corrected chi connectivity index (χ2v) is 8.81. The number of alkyl halides is 2. The van der Waals surface area contributed by atoms with Crippen molar-refractivity contribution in [2.45, 2.75) is 38.5 Å². The molecular formula is C21H23BrF2N2O3S. The molecule has 2 rings (SSSR count). The molecule has 0 saturated carbocycles. The first-order valence-corrected chi connectivity index (χ1v) is 11.1. The molecule has 0 saturated heterocycles. The summed E-state index contributed by atoms with van der Waals surface area (Å²) in [4.78, 5) is 15.5. The standard InChI is InChI=1S/C12H14N2O3S.C9H9BrF2/c1-3-11(13-4-2)12(15)14-18(16,17)10-8-6-5-7-9-10;1-6-3-7(9(2,11)12)5-8(10)4-6/h3-9H,1-2H3,(H,14,15);3-5H,1-2H3/b11-3-,13-4?;. The third-order valence-electron chi connectivity index (χ3n) is 3.60. The summed E-state index contributed by atoms with van der Waals surface area (Å²) in [5, 5.41) is 0. The fourth-order valence-electron chi connectivity index (χ4n) is 2.23. The van der Waals surface area contributed by atoms with Crippen molar-refractivity contribution in [1.29, 1.82) is 0 Å². The third-order valence-corrected chi connectivity index (χ3v) is 5.41. The maximum Gasteiger partial charge on any atom is 0.283 e. The van der Waals surface area contributed by atoms with Crippen LogP contribution >= 0.6 is 15.9 Å². The number of halogens is 3. The highest BCUT2D eigenvalue weighted by Crippen LogP contribution is 2.29. The van der Waals surface area contributed by atoms with E-state index >= 15 is 0 Å². The van der Waals surface area contributed by atoms with Crippen LogP contribution in [0.4, 0.5) is 8.78 Å². The lowest BCUT2D eigenvalue weighted by molar-refractivity contribution is -0.115. The average molecular weight is 501 g/mol. The smallest absolute Gasteiger partial charge is 0.266 e. The van der Waals surface area contributed by atoms with Gasteiger partial charge < -0.3 is 0 Å². The van der Waals surface area contributed by atoms with Crippen molar-refractivity contribution in [3.63, 3.8) is 0 Å². The van der Waals surface area contributed by atoms with Crippen molar-refractivity contribution in [3.05, 3.63) is 75.9 Å².